The zero-order valence-corrected chi connectivity index (χ0v) is 23.4. The first-order chi connectivity index (χ1) is 19.2. The van der Waals surface area contributed by atoms with E-state index in [0.29, 0.717) is 0 Å². The van der Waals surface area contributed by atoms with Gasteiger partial charge in [0.2, 0.25) is 0 Å². The summed E-state index contributed by atoms with van der Waals surface area (Å²) >= 11 is 0. The van der Waals surface area contributed by atoms with E-state index in [1.165, 1.54) is 58.0 Å². The van der Waals surface area contributed by atoms with Crippen molar-refractivity contribution in [3.8, 4) is 17.0 Å². The maximum Gasteiger partial charge on any atom is 0.253 e. The lowest BCUT2D eigenvalue weighted by Gasteiger charge is -2.24. The second-order valence-electron chi connectivity index (χ2n) is 11.8. The van der Waals surface area contributed by atoms with E-state index in [2.05, 4.69) is 40.2 Å². The van der Waals surface area contributed by atoms with E-state index in [9.17, 15) is 4.79 Å². The standard InChI is InChI=1S/C33H42N4O2/c1-39-29-13-11-27(12-14-29)32-30(6-5-20-35-18-3-2-4-19-35)31-24-28(17-23-37(31)34-32)33(38)36(21-15-25-7-8-25)22-16-26-9-10-26/h5-6,11-14,17,23-26H,2-4,7-10,15-16,18-22H2,1H3. The molecule has 2 aliphatic carbocycles. The molecule has 1 aromatic carbocycles. The topological polar surface area (TPSA) is 50.1 Å². The first-order valence-electron chi connectivity index (χ1n) is 15.0. The van der Waals surface area contributed by atoms with Gasteiger partial charge >= 0.3 is 0 Å². The Morgan fingerprint density at radius 3 is 2.33 bits per heavy atom. The maximum absolute atomic E-state index is 13.8. The summed E-state index contributed by atoms with van der Waals surface area (Å²) in [6, 6.07) is 12.1. The molecule has 0 radical (unpaired) electrons. The van der Waals surface area contributed by atoms with Gasteiger partial charge < -0.3 is 9.64 Å². The third-order valence-corrected chi connectivity index (χ3v) is 8.68. The third-order valence-electron chi connectivity index (χ3n) is 8.68. The fraction of sp³-hybridized carbons (Fsp3) is 0.515. The van der Waals surface area contributed by atoms with Crippen molar-refractivity contribution in [1.82, 2.24) is 19.4 Å². The molecule has 6 rings (SSSR count). The van der Waals surface area contributed by atoms with Crippen LogP contribution >= 0.6 is 0 Å². The van der Waals surface area contributed by atoms with Crippen LogP contribution in [0.2, 0.25) is 0 Å². The Labute approximate surface area is 232 Å². The SMILES string of the molecule is COc1ccc(-c2nn3ccc(C(=O)N(CCC4CC4)CCC4CC4)cc3c2C=CCN2CCCCC2)cc1. The summed E-state index contributed by atoms with van der Waals surface area (Å²) < 4.78 is 7.31. The average molecular weight is 527 g/mol. The number of piperidine rings is 1. The number of methoxy groups -OCH3 is 1. The monoisotopic (exact) mass is 526 g/mol. The van der Waals surface area contributed by atoms with Gasteiger partial charge in [0.25, 0.3) is 5.91 Å². The number of ether oxygens (including phenoxy) is 1. The zero-order valence-electron chi connectivity index (χ0n) is 23.4. The Morgan fingerprint density at radius 2 is 1.69 bits per heavy atom. The van der Waals surface area contributed by atoms with Crippen LogP contribution in [0.3, 0.4) is 0 Å². The van der Waals surface area contributed by atoms with Crippen molar-refractivity contribution in [2.24, 2.45) is 11.8 Å². The lowest BCUT2D eigenvalue weighted by atomic mass is 10.0. The molecule has 0 unspecified atom stereocenters. The highest BCUT2D eigenvalue weighted by atomic mass is 16.5. The van der Waals surface area contributed by atoms with Gasteiger partial charge in [-0.25, -0.2) is 4.52 Å². The molecule has 3 heterocycles. The van der Waals surface area contributed by atoms with Crippen LogP contribution in [-0.2, 0) is 0 Å². The molecule has 6 heteroatoms. The molecule has 1 saturated heterocycles. The van der Waals surface area contributed by atoms with E-state index in [1.807, 2.05) is 28.9 Å². The van der Waals surface area contributed by atoms with E-state index in [0.717, 1.165) is 78.0 Å². The molecule has 3 aliphatic rings. The number of pyridine rings is 1. The van der Waals surface area contributed by atoms with Crippen LogP contribution in [0.15, 0.2) is 48.7 Å². The summed E-state index contributed by atoms with van der Waals surface area (Å²) in [5, 5.41) is 4.97. The van der Waals surface area contributed by atoms with Crippen molar-refractivity contribution in [1.29, 1.82) is 0 Å². The van der Waals surface area contributed by atoms with E-state index < -0.39 is 0 Å². The van der Waals surface area contributed by atoms with Crippen molar-refractivity contribution in [2.45, 2.75) is 57.8 Å². The normalized spacial score (nSPS) is 18.2. The minimum atomic E-state index is 0.161. The highest BCUT2D eigenvalue weighted by Gasteiger charge is 2.27. The Kier molecular flexibility index (Phi) is 8.00. The highest BCUT2D eigenvalue weighted by Crippen LogP contribution is 2.35. The number of carbonyl (C=O) groups is 1. The van der Waals surface area contributed by atoms with Crippen molar-refractivity contribution in [3.63, 3.8) is 0 Å². The minimum absolute atomic E-state index is 0.161. The van der Waals surface area contributed by atoms with Crippen molar-refractivity contribution < 1.29 is 9.53 Å². The smallest absolute Gasteiger partial charge is 0.253 e. The van der Waals surface area contributed by atoms with Crippen LogP contribution < -0.4 is 4.74 Å². The molecule has 39 heavy (non-hydrogen) atoms. The molecule has 3 aromatic rings. The number of rotatable bonds is 12. The van der Waals surface area contributed by atoms with Gasteiger partial charge in [-0.3, -0.25) is 9.69 Å². The predicted molar refractivity (Wildman–Crippen MR) is 157 cm³/mol. The van der Waals surface area contributed by atoms with Crippen LogP contribution in [0, 0.1) is 11.8 Å². The number of fused-ring (bicyclic) bond motifs is 1. The Balaban J connectivity index is 1.30. The van der Waals surface area contributed by atoms with Crippen LogP contribution in [0.25, 0.3) is 22.9 Å². The zero-order chi connectivity index (χ0) is 26.6. The number of likely N-dealkylation sites (tertiary alicyclic amines) is 1. The Bertz CT molecular complexity index is 1280. The van der Waals surface area contributed by atoms with Crippen molar-refractivity contribution >= 4 is 17.5 Å². The molecule has 1 amide bonds. The van der Waals surface area contributed by atoms with Gasteiger partial charge in [-0.15, -0.1) is 0 Å². The number of benzene rings is 1. The van der Waals surface area contributed by atoms with Gasteiger partial charge in [-0.05, 0) is 87.0 Å². The number of amides is 1. The minimum Gasteiger partial charge on any atom is -0.497 e. The molecule has 2 aromatic heterocycles. The van der Waals surface area contributed by atoms with E-state index >= 15 is 0 Å². The van der Waals surface area contributed by atoms with Crippen molar-refractivity contribution in [2.75, 3.05) is 39.8 Å². The van der Waals surface area contributed by atoms with Gasteiger partial charge in [0, 0.05) is 42.5 Å². The largest absolute Gasteiger partial charge is 0.497 e. The molecule has 6 nitrogen and oxygen atoms in total. The third kappa shape index (κ3) is 6.55. The van der Waals surface area contributed by atoms with Crippen molar-refractivity contribution in [3.05, 3.63) is 59.8 Å². The second-order valence-corrected chi connectivity index (χ2v) is 11.8. The van der Waals surface area contributed by atoms with E-state index in [-0.39, 0.29) is 5.91 Å². The summed E-state index contributed by atoms with van der Waals surface area (Å²) in [6.45, 7) is 5.02. The van der Waals surface area contributed by atoms with E-state index in [4.69, 9.17) is 9.84 Å². The van der Waals surface area contributed by atoms with Gasteiger partial charge in [-0.2, -0.15) is 5.10 Å². The summed E-state index contributed by atoms with van der Waals surface area (Å²) in [5.41, 5.74) is 4.78. The average Bonchev–Trinajstić information content (AvgIpc) is 3.92. The molecule has 0 N–H and O–H groups in total. The molecule has 3 fully saturated rings. The summed E-state index contributed by atoms with van der Waals surface area (Å²) in [4.78, 5) is 18.4. The molecule has 0 bridgehead atoms. The van der Waals surface area contributed by atoms with Crippen LogP contribution in [0.5, 0.6) is 5.75 Å². The molecular weight excluding hydrogens is 484 g/mol. The first kappa shape index (κ1) is 26.1. The number of aromatic nitrogens is 2. The number of carbonyl (C=O) groups excluding carboxylic acids is 1. The number of nitrogens with zero attached hydrogens (tertiary/aromatic N) is 4. The van der Waals surface area contributed by atoms with Crippen LogP contribution in [-0.4, -0.2) is 65.2 Å². The summed E-state index contributed by atoms with van der Waals surface area (Å²) in [5.74, 6) is 2.63. The fourth-order valence-corrected chi connectivity index (χ4v) is 5.77. The summed E-state index contributed by atoms with van der Waals surface area (Å²) in [6.07, 6.45) is 17.9. The lowest BCUT2D eigenvalue weighted by Crippen LogP contribution is -2.33. The molecule has 206 valence electrons. The first-order valence-corrected chi connectivity index (χ1v) is 15.0. The Hall–Kier alpha value is -3.12. The molecular formula is C33H42N4O2. The maximum atomic E-state index is 13.8. The van der Waals surface area contributed by atoms with Crippen LogP contribution in [0.1, 0.15) is 73.7 Å². The quantitative estimate of drug-likeness (QED) is 0.268. The fourth-order valence-electron chi connectivity index (χ4n) is 5.77. The van der Waals surface area contributed by atoms with Gasteiger partial charge in [0.1, 0.15) is 11.4 Å². The predicted octanol–water partition coefficient (Wildman–Crippen LogP) is 6.55. The van der Waals surface area contributed by atoms with Gasteiger partial charge in [0.05, 0.1) is 12.6 Å². The number of hydrogen-bond donors (Lipinski definition) is 0. The molecule has 0 atom stereocenters. The van der Waals surface area contributed by atoms with Gasteiger partial charge in [-0.1, -0.05) is 44.3 Å². The molecule has 0 spiro atoms. The summed E-state index contributed by atoms with van der Waals surface area (Å²) in [7, 11) is 1.69. The molecule has 2 saturated carbocycles. The lowest BCUT2D eigenvalue weighted by molar-refractivity contribution is 0.0747. The van der Waals surface area contributed by atoms with Crippen LogP contribution in [0.4, 0.5) is 0 Å². The Morgan fingerprint density at radius 1 is 1.00 bits per heavy atom. The second kappa shape index (κ2) is 12.0. The van der Waals surface area contributed by atoms with Gasteiger partial charge in [0.15, 0.2) is 0 Å². The highest BCUT2D eigenvalue weighted by molar-refractivity contribution is 5.96. The number of hydrogen-bond acceptors (Lipinski definition) is 4. The molecule has 1 aliphatic heterocycles. The van der Waals surface area contributed by atoms with E-state index in [1.54, 1.807) is 7.11 Å².